The number of aromatic amines is 1. The lowest BCUT2D eigenvalue weighted by atomic mass is 9.89. The van der Waals surface area contributed by atoms with Crippen LogP contribution in [0.25, 0.3) is 10.9 Å². The summed E-state index contributed by atoms with van der Waals surface area (Å²) in [5.74, 6) is 2.30. The molecular formula is C28H31N3O3. The van der Waals surface area contributed by atoms with Crippen molar-refractivity contribution >= 4 is 16.8 Å². The number of hydrogen-bond donors (Lipinski definition) is 1. The minimum absolute atomic E-state index is 0.135. The number of hydrogen-bond acceptors (Lipinski definition) is 4. The second-order valence-electron chi connectivity index (χ2n) is 9.02. The number of ether oxygens (including phenoxy) is 1. The number of piperidine rings is 1. The molecule has 0 unspecified atom stereocenters. The number of H-pyrrole nitrogens is 1. The van der Waals surface area contributed by atoms with E-state index in [4.69, 9.17) is 9.15 Å². The molecule has 0 spiro atoms. The molecule has 1 fully saturated rings. The molecule has 5 rings (SSSR count). The van der Waals surface area contributed by atoms with Gasteiger partial charge in [0.25, 0.3) is 0 Å². The maximum Gasteiger partial charge on any atom is 0.237 e. The summed E-state index contributed by atoms with van der Waals surface area (Å²) in [7, 11) is 1.70. The largest absolute Gasteiger partial charge is 0.497 e. The normalized spacial score (nSPS) is 15.0. The minimum Gasteiger partial charge on any atom is -0.497 e. The molecule has 4 aromatic rings. The summed E-state index contributed by atoms with van der Waals surface area (Å²) in [6, 6.07) is 20.1. The van der Waals surface area contributed by atoms with Crippen LogP contribution in [0.4, 0.5) is 0 Å². The van der Waals surface area contributed by atoms with Gasteiger partial charge in [0, 0.05) is 23.6 Å². The fourth-order valence-corrected chi connectivity index (χ4v) is 4.91. The summed E-state index contributed by atoms with van der Waals surface area (Å²) >= 11 is 0. The Morgan fingerprint density at radius 3 is 2.65 bits per heavy atom. The van der Waals surface area contributed by atoms with E-state index < -0.39 is 0 Å². The third-order valence-electron chi connectivity index (χ3n) is 6.80. The number of benzene rings is 2. The number of furan rings is 1. The van der Waals surface area contributed by atoms with Crippen LogP contribution in [0.3, 0.4) is 0 Å². The van der Waals surface area contributed by atoms with Crippen LogP contribution in [0, 0.1) is 0 Å². The number of carbonyl (C=O) groups excluding carboxylic acids is 1. The van der Waals surface area contributed by atoms with E-state index >= 15 is 0 Å². The van der Waals surface area contributed by atoms with Gasteiger partial charge in [0.2, 0.25) is 5.91 Å². The monoisotopic (exact) mass is 457 g/mol. The van der Waals surface area contributed by atoms with Crippen LogP contribution in [0.5, 0.6) is 5.75 Å². The van der Waals surface area contributed by atoms with Gasteiger partial charge in [-0.05, 0) is 73.3 Å². The van der Waals surface area contributed by atoms with Gasteiger partial charge in [-0.25, -0.2) is 0 Å². The average Bonchev–Trinajstić information content (AvgIpc) is 3.54. The molecule has 6 nitrogen and oxygen atoms in total. The number of fused-ring (bicyclic) bond motifs is 1. The number of nitrogens with one attached hydrogen (secondary N) is 1. The van der Waals surface area contributed by atoms with E-state index in [0.717, 1.165) is 48.5 Å². The highest BCUT2D eigenvalue weighted by molar-refractivity contribution is 5.85. The third kappa shape index (κ3) is 5.02. The molecule has 1 saturated heterocycles. The summed E-state index contributed by atoms with van der Waals surface area (Å²) in [5, 5.41) is 1.24. The quantitative estimate of drug-likeness (QED) is 0.396. The Morgan fingerprint density at radius 1 is 1.09 bits per heavy atom. The van der Waals surface area contributed by atoms with Crippen LogP contribution in [0.1, 0.15) is 35.6 Å². The number of rotatable bonds is 8. The highest BCUT2D eigenvalue weighted by Gasteiger charge is 2.26. The lowest BCUT2D eigenvalue weighted by molar-refractivity contribution is -0.134. The smallest absolute Gasteiger partial charge is 0.237 e. The van der Waals surface area contributed by atoms with Crippen molar-refractivity contribution in [2.75, 3.05) is 26.7 Å². The highest BCUT2D eigenvalue weighted by atomic mass is 16.5. The average molecular weight is 458 g/mol. The van der Waals surface area contributed by atoms with Crippen molar-refractivity contribution in [3.63, 3.8) is 0 Å². The van der Waals surface area contributed by atoms with Crippen LogP contribution in [0.2, 0.25) is 0 Å². The van der Waals surface area contributed by atoms with Gasteiger partial charge in [-0.15, -0.1) is 0 Å². The first-order valence-corrected chi connectivity index (χ1v) is 11.9. The standard InChI is InChI=1S/C28H31N3O3/c1-33-23-9-10-27-25(16-23)26(17-29-27)22-11-13-30(14-12-22)20-28(32)31(19-24-8-5-15-34-24)18-21-6-3-2-4-7-21/h2-10,15-17,22,29H,11-14,18-20H2,1H3. The molecule has 0 atom stereocenters. The molecule has 1 N–H and O–H groups in total. The van der Waals surface area contributed by atoms with Crippen molar-refractivity contribution in [2.45, 2.75) is 31.8 Å². The maximum absolute atomic E-state index is 13.3. The summed E-state index contributed by atoms with van der Waals surface area (Å²) in [6.07, 6.45) is 5.87. The number of carbonyl (C=O) groups is 1. The fraction of sp³-hybridized carbons (Fsp3) is 0.321. The molecule has 1 aliphatic rings. The molecular weight excluding hydrogens is 426 g/mol. The van der Waals surface area contributed by atoms with E-state index in [1.54, 1.807) is 13.4 Å². The van der Waals surface area contributed by atoms with Crippen molar-refractivity contribution in [2.24, 2.45) is 0 Å². The van der Waals surface area contributed by atoms with E-state index in [9.17, 15) is 4.79 Å². The zero-order chi connectivity index (χ0) is 23.3. The highest BCUT2D eigenvalue weighted by Crippen LogP contribution is 2.34. The van der Waals surface area contributed by atoms with Crippen molar-refractivity contribution in [1.82, 2.24) is 14.8 Å². The Balaban J connectivity index is 1.22. The number of likely N-dealkylation sites (tertiary alicyclic amines) is 1. The van der Waals surface area contributed by atoms with Crippen molar-refractivity contribution < 1.29 is 13.9 Å². The van der Waals surface area contributed by atoms with Gasteiger partial charge in [0.1, 0.15) is 11.5 Å². The molecule has 1 aliphatic heterocycles. The van der Waals surface area contributed by atoms with Gasteiger partial charge in [0.05, 0.1) is 26.5 Å². The zero-order valence-electron chi connectivity index (χ0n) is 19.6. The molecule has 6 heteroatoms. The predicted octanol–water partition coefficient (Wildman–Crippen LogP) is 5.18. The van der Waals surface area contributed by atoms with Crippen LogP contribution >= 0.6 is 0 Å². The summed E-state index contributed by atoms with van der Waals surface area (Å²) in [4.78, 5) is 20.9. The van der Waals surface area contributed by atoms with Gasteiger partial charge in [-0.2, -0.15) is 0 Å². The van der Waals surface area contributed by atoms with E-state index in [1.807, 2.05) is 41.3 Å². The Bertz CT molecular complexity index is 1210. The van der Waals surface area contributed by atoms with Gasteiger partial charge >= 0.3 is 0 Å². The molecule has 1 amide bonds. The first kappa shape index (κ1) is 22.3. The van der Waals surface area contributed by atoms with Crippen molar-refractivity contribution in [3.05, 3.63) is 90.0 Å². The third-order valence-corrected chi connectivity index (χ3v) is 6.80. The number of nitrogens with zero attached hydrogens (tertiary/aromatic N) is 2. The van der Waals surface area contributed by atoms with Crippen LogP contribution < -0.4 is 4.74 Å². The molecule has 2 aromatic heterocycles. The molecule has 34 heavy (non-hydrogen) atoms. The van der Waals surface area contributed by atoms with E-state index in [-0.39, 0.29) is 5.91 Å². The van der Waals surface area contributed by atoms with Gasteiger partial charge < -0.3 is 19.0 Å². The minimum atomic E-state index is 0.135. The summed E-state index contributed by atoms with van der Waals surface area (Å²) < 4.78 is 11.0. The van der Waals surface area contributed by atoms with Gasteiger partial charge in [-0.3, -0.25) is 9.69 Å². The van der Waals surface area contributed by atoms with Gasteiger partial charge in [-0.1, -0.05) is 30.3 Å². The number of amides is 1. The lowest BCUT2D eigenvalue weighted by Crippen LogP contribution is -2.42. The van der Waals surface area contributed by atoms with E-state index in [2.05, 4.69) is 40.3 Å². The Hall–Kier alpha value is -3.51. The number of methoxy groups -OCH3 is 1. The van der Waals surface area contributed by atoms with E-state index in [0.29, 0.717) is 25.6 Å². The van der Waals surface area contributed by atoms with Crippen molar-refractivity contribution in [3.8, 4) is 5.75 Å². The number of aromatic nitrogens is 1. The van der Waals surface area contributed by atoms with Gasteiger partial charge in [0.15, 0.2) is 0 Å². The lowest BCUT2D eigenvalue weighted by Gasteiger charge is -2.33. The molecule has 2 aromatic carbocycles. The molecule has 0 aliphatic carbocycles. The first-order chi connectivity index (χ1) is 16.7. The van der Waals surface area contributed by atoms with Crippen LogP contribution in [0.15, 0.2) is 77.5 Å². The Kier molecular flexibility index (Phi) is 6.67. The fourth-order valence-electron chi connectivity index (χ4n) is 4.91. The predicted molar refractivity (Wildman–Crippen MR) is 133 cm³/mol. The summed E-state index contributed by atoms with van der Waals surface area (Å²) in [6.45, 7) is 3.31. The second-order valence-corrected chi connectivity index (χ2v) is 9.02. The molecule has 0 saturated carbocycles. The topological polar surface area (TPSA) is 61.7 Å². The SMILES string of the molecule is COc1ccc2[nH]cc(C3CCN(CC(=O)N(Cc4ccccc4)Cc4ccco4)CC3)c2c1. The Morgan fingerprint density at radius 2 is 1.91 bits per heavy atom. The van der Waals surface area contributed by atoms with Crippen LogP contribution in [-0.4, -0.2) is 47.4 Å². The summed E-state index contributed by atoms with van der Waals surface area (Å²) in [5.41, 5.74) is 3.61. The molecule has 0 bridgehead atoms. The molecule has 0 radical (unpaired) electrons. The van der Waals surface area contributed by atoms with E-state index in [1.165, 1.54) is 10.9 Å². The molecule has 176 valence electrons. The Labute approximate surface area is 200 Å². The molecule has 3 heterocycles. The van der Waals surface area contributed by atoms with Crippen molar-refractivity contribution in [1.29, 1.82) is 0 Å². The maximum atomic E-state index is 13.3. The second kappa shape index (κ2) is 10.2. The zero-order valence-corrected chi connectivity index (χ0v) is 19.6. The van der Waals surface area contributed by atoms with Crippen LogP contribution in [-0.2, 0) is 17.9 Å². The first-order valence-electron chi connectivity index (χ1n) is 11.9.